The van der Waals surface area contributed by atoms with Gasteiger partial charge in [-0.25, -0.2) is 5.43 Å². The molecule has 1 heterocycles. The maximum atomic E-state index is 5.78. The van der Waals surface area contributed by atoms with Gasteiger partial charge in [-0.1, -0.05) is 52.3 Å². The van der Waals surface area contributed by atoms with Crippen molar-refractivity contribution in [2.75, 3.05) is 0 Å². The summed E-state index contributed by atoms with van der Waals surface area (Å²) in [4.78, 5) is 4.32. The first-order valence-electron chi connectivity index (χ1n) is 6.34. The monoisotopic (exact) mass is 327 g/mol. The van der Waals surface area contributed by atoms with E-state index in [2.05, 4.69) is 50.6 Å². The largest absolute Gasteiger partial charge is 0.271 e. The number of nitrogens with two attached hydrogens (primary N) is 1. The third-order valence-electron chi connectivity index (χ3n) is 3.38. The molecule has 2 aromatic carbocycles. The minimum Gasteiger partial charge on any atom is -0.271 e. The van der Waals surface area contributed by atoms with E-state index in [0.717, 1.165) is 26.4 Å². The van der Waals surface area contributed by atoms with Gasteiger partial charge in [0.1, 0.15) is 0 Å². The van der Waals surface area contributed by atoms with E-state index in [9.17, 15) is 0 Å². The van der Waals surface area contributed by atoms with Crippen molar-refractivity contribution >= 4 is 26.7 Å². The minimum atomic E-state index is -0.0818. The number of hydrogen-bond acceptors (Lipinski definition) is 3. The summed E-state index contributed by atoms with van der Waals surface area (Å²) in [7, 11) is 0. The summed E-state index contributed by atoms with van der Waals surface area (Å²) in [5, 5.41) is 2.27. The van der Waals surface area contributed by atoms with Gasteiger partial charge in [0.25, 0.3) is 0 Å². The van der Waals surface area contributed by atoms with E-state index in [1.54, 1.807) is 0 Å². The predicted octanol–water partition coefficient (Wildman–Crippen LogP) is 3.55. The Kier molecular flexibility index (Phi) is 3.78. The molecule has 0 aliphatic heterocycles. The second-order valence-corrected chi connectivity index (χ2v) is 5.52. The summed E-state index contributed by atoms with van der Waals surface area (Å²) in [5.41, 5.74) is 5.07. The molecule has 0 aliphatic carbocycles. The van der Waals surface area contributed by atoms with Crippen molar-refractivity contribution in [1.82, 2.24) is 10.4 Å². The number of benzene rings is 2. The molecule has 3 rings (SSSR count). The van der Waals surface area contributed by atoms with Gasteiger partial charge in [0.2, 0.25) is 0 Å². The Labute approximate surface area is 125 Å². The number of pyridine rings is 1. The Bertz CT molecular complexity index is 720. The highest BCUT2D eigenvalue weighted by Crippen LogP contribution is 2.28. The average Bonchev–Trinajstić information content (AvgIpc) is 2.50. The summed E-state index contributed by atoms with van der Waals surface area (Å²) in [6.07, 6.45) is 3.74. The van der Waals surface area contributed by atoms with Gasteiger partial charge in [-0.05, 0) is 23.1 Å². The van der Waals surface area contributed by atoms with Crippen LogP contribution in [0, 0.1) is 0 Å². The zero-order chi connectivity index (χ0) is 13.9. The molecule has 4 heteroatoms. The van der Waals surface area contributed by atoms with E-state index in [-0.39, 0.29) is 6.04 Å². The van der Waals surface area contributed by atoms with E-state index in [0.29, 0.717) is 0 Å². The zero-order valence-corrected chi connectivity index (χ0v) is 12.3. The molecule has 20 heavy (non-hydrogen) atoms. The van der Waals surface area contributed by atoms with Crippen LogP contribution in [0.2, 0.25) is 0 Å². The Morgan fingerprint density at radius 1 is 1.00 bits per heavy atom. The molecule has 3 aromatic rings. The van der Waals surface area contributed by atoms with Gasteiger partial charge in [0.15, 0.2) is 0 Å². The number of fused-ring (bicyclic) bond motifs is 1. The van der Waals surface area contributed by atoms with Crippen molar-refractivity contribution in [3.05, 3.63) is 76.5 Å². The van der Waals surface area contributed by atoms with Crippen molar-refractivity contribution in [3.8, 4) is 0 Å². The van der Waals surface area contributed by atoms with Crippen molar-refractivity contribution in [1.29, 1.82) is 0 Å². The van der Waals surface area contributed by atoms with Gasteiger partial charge in [-0.3, -0.25) is 10.8 Å². The van der Waals surface area contributed by atoms with E-state index >= 15 is 0 Å². The molecule has 0 bridgehead atoms. The molecule has 1 unspecified atom stereocenters. The maximum absolute atomic E-state index is 5.78. The molecule has 0 amide bonds. The lowest BCUT2D eigenvalue weighted by atomic mass is 9.96. The smallest absolute Gasteiger partial charge is 0.0731 e. The number of hydrogen-bond donors (Lipinski definition) is 2. The first-order chi connectivity index (χ1) is 9.79. The molecule has 100 valence electrons. The van der Waals surface area contributed by atoms with Crippen LogP contribution in [-0.4, -0.2) is 4.98 Å². The van der Waals surface area contributed by atoms with Crippen molar-refractivity contribution in [2.45, 2.75) is 6.04 Å². The number of nitrogens with zero attached hydrogens (tertiary/aromatic N) is 1. The van der Waals surface area contributed by atoms with Crippen LogP contribution < -0.4 is 11.3 Å². The molecule has 0 saturated carbocycles. The highest BCUT2D eigenvalue weighted by atomic mass is 79.9. The molecular formula is C16H14BrN3. The van der Waals surface area contributed by atoms with Gasteiger partial charge >= 0.3 is 0 Å². The van der Waals surface area contributed by atoms with Crippen LogP contribution in [-0.2, 0) is 0 Å². The highest BCUT2D eigenvalue weighted by molar-refractivity contribution is 9.10. The number of rotatable bonds is 3. The highest BCUT2D eigenvalue weighted by Gasteiger charge is 2.15. The first-order valence-corrected chi connectivity index (χ1v) is 7.13. The van der Waals surface area contributed by atoms with Gasteiger partial charge in [-0.2, -0.15) is 0 Å². The number of halogens is 1. The van der Waals surface area contributed by atoms with E-state index < -0.39 is 0 Å². The van der Waals surface area contributed by atoms with Crippen LogP contribution in [0.15, 0.2) is 65.4 Å². The topological polar surface area (TPSA) is 50.9 Å². The molecule has 3 nitrogen and oxygen atoms in total. The maximum Gasteiger partial charge on any atom is 0.0731 e. The first kappa shape index (κ1) is 13.2. The van der Waals surface area contributed by atoms with Gasteiger partial charge < -0.3 is 0 Å². The standard InChI is InChI=1S/C16H14BrN3/c17-13-7-5-11(6-8-13)16(20-18)15-10-19-9-12-3-1-2-4-14(12)15/h1-10,16,20H,18H2. The van der Waals surface area contributed by atoms with Gasteiger partial charge in [0, 0.05) is 27.8 Å². The van der Waals surface area contributed by atoms with Crippen molar-refractivity contribution in [3.63, 3.8) is 0 Å². The number of nitrogens with one attached hydrogen (secondary N) is 1. The summed E-state index contributed by atoms with van der Waals surface area (Å²) >= 11 is 3.45. The van der Waals surface area contributed by atoms with Crippen LogP contribution in [0.5, 0.6) is 0 Å². The van der Waals surface area contributed by atoms with Gasteiger partial charge in [-0.15, -0.1) is 0 Å². The Balaban J connectivity index is 2.14. The third kappa shape index (κ3) is 2.45. The quantitative estimate of drug-likeness (QED) is 0.571. The Hall–Kier alpha value is -1.75. The molecule has 1 aromatic heterocycles. The second-order valence-electron chi connectivity index (χ2n) is 4.60. The minimum absolute atomic E-state index is 0.0818. The van der Waals surface area contributed by atoms with Gasteiger partial charge in [0.05, 0.1) is 6.04 Å². The normalized spacial score (nSPS) is 12.5. The van der Waals surface area contributed by atoms with Crippen LogP contribution in [0.1, 0.15) is 17.2 Å². The van der Waals surface area contributed by atoms with Crippen molar-refractivity contribution < 1.29 is 0 Å². The van der Waals surface area contributed by atoms with Crippen LogP contribution in [0.3, 0.4) is 0 Å². The molecule has 0 saturated heterocycles. The summed E-state index contributed by atoms with van der Waals surface area (Å²) < 4.78 is 1.05. The molecule has 0 spiro atoms. The average molecular weight is 328 g/mol. The molecular weight excluding hydrogens is 314 g/mol. The molecule has 0 aliphatic rings. The SMILES string of the molecule is NNC(c1ccc(Br)cc1)c1cncc2ccccc12. The van der Waals surface area contributed by atoms with E-state index in [1.165, 1.54) is 0 Å². The van der Waals surface area contributed by atoms with E-state index in [1.807, 2.05) is 36.7 Å². The Morgan fingerprint density at radius 2 is 1.75 bits per heavy atom. The molecule has 0 radical (unpaired) electrons. The zero-order valence-electron chi connectivity index (χ0n) is 10.8. The second kappa shape index (κ2) is 5.71. The summed E-state index contributed by atoms with van der Waals surface area (Å²) in [6.45, 7) is 0. The molecule has 0 fully saturated rings. The summed E-state index contributed by atoms with van der Waals surface area (Å²) in [5.74, 6) is 5.78. The van der Waals surface area contributed by atoms with E-state index in [4.69, 9.17) is 5.84 Å². The fourth-order valence-corrected chi connectivity index (χ4v) is 2.66. The molecule has 1 atom stereocenters. The number of hydrazine groups is 1. The van der Waals surface area contributed by atoms with Crippen LogP contribution in [0.25, 0.3) is 10.8 Å². The fraction of sp³-hybridized carbons (Fsp3) is 0.0625. The lowest BCUT2D eigenvalue weighted by Gasteiger charge is -2.18. The lowest BCUT2D eigenvalue weighted by Crippen LogP contribution is -2.29. The lowest BCUT2D eigenvalue weighted by molar-refractivity contribution is 0.639. The third-order valence-corrected chi connectivity index (χ3v) is 3.91. The molecule has 3 N–H and O–H groups in total. The van der Waals surface area contributed by atoms with Crippen molar-refractivity contribution in [2.24, 2.45) is 5.84 Å². The fourth-order valence-electron chi connectivity index (χ4n) is 2.39. The Morgan fingerprint density at radius 3 is 2.50 bits per heavy atom. The predicted molar refractivity (Wildman–Crippen MR) is 85.1 cm³/mol. The van der Waals surface area contributed by atoms with Crippen LogP contribution in [0.4, 0.5) is 0 Å². The summed E-state index contributed by atoms with van der Waals surface area (Å²) in [6, 6.07) is 16.2. The number of aromatic nitrogens is 1. The van der Waals surface area contributed by atoms with Crippen LogP contribution >= 0.6 is 15.9 Å².